The molecule has 1 aliphatic rings. The smallest absolute Gasteiger partial charge is 0.267 e. The summed E-state index contributed by atoms with van der Waals surface area (Å²) < 4.78 is 19.3. The van der Waals surface area contributed by atoms with Gasteiger partial charge in [-0.15, -0.1) is 0 Å². The maximum Gasteiger partial charge on any atom is 0.267 e. The van der Waals surface area contributed by atoms with Gasteiger partial charge >= 0.3 is 0 Å². The van der Waals surface area contributed by atoms with Crippen molar-refractivity contribution in [2.24, 2.45) is 0 Å². The van der Waals surface area contributed by atoms with Crippen LogP contribution in [0.2, 0.25) is 0 Å². The summed E-state index contributed by atoms with van der Waals surface area (Å²) in [6, 6.07) is 9.55. The van der Waals surface area contributed by atoms with Crippen molar-refractivity contribution in [3.8, 4) is 11.5 Å². The van der Waals surface area contributed by atoms with Gasteiger partial charge in [0, 0.05) is 11.8 Å². The van der Waals surface area contributed by atoms with Crippen LogP contribution in [0.15, 0.2) is 36.4 Å². The summed E-state index contributed by atoms with van der Waals surface area (Å²) in [7, 11) is 0. The van der Waals surface area contributed by atoms with Gasteiger partial charge in [0.1, 0.15) is 5.75 Å². The van der Waals surface area contributed by atoms with Crippen LogP contribution in [0.4, 0.5) is 15.8 Å². The van der Waals surface area contributed by atoms with Crippen molar-refractivity contribution in [3.05, 3.63) is 47.8 Å². The lowest BCUT2D eigenvalue weighted by molar-refractivity contribution is -0.122. The van der Waals surface area contributed by atoms with Crippen LogP contribution in [0.1, 0.15) is 26.3 Å². The molecule has 2 aromatic rings. The first kappa shape index (κ1) is 17.1. The van der Waals surface area contributed by atoms with Crippen LogP contribution in [-0.2, 0) is 10.2 Å². The fraction of sp³-hybridized carbons (Fsp3) is 0.316. The number of benzene rings is 2. The first-order chi connectivity index (χ1) is 11.8. The van der Waals surface area contributed by atoms with E-state index in [1.807, 2.05) is 20.8 Å². The number of para-hydroxylation sites is 1. The molecule has 0 radical (unpaired) electrons. The summed E-state index contributed by atoms with van der Waals surface area (Å²) in [4.78, 5) is 12.4. The van der Waals surface area contributed by atoms with E-state index in [4.69, 9.17) is 4.74 Å². The van der Waals surface area contributed by atoms with E-state index in [1.165, 1.54) is 12.1 Å². The van der Waals surface area contributed by atoms with Crippen LogP contribution >= 0.6 is 0 Å². The SMILES string of the molecule is CC(C)(C)c1ccc(NC(=O)C2CNc3cccc(F)c3O2)cc1O. The van der Waals surface area contributed by atoms with Crippen molar-refractivity contribution in [3.63, 3.8) is 0 Å². The number of halogens is 1. The predicted molar refractivity (Wildman–Crippen MR) is 94.7 cm³/mol. The molecule has 25 heavy (non-hydrogen) atoms. The molecule has 3 N–H and O–H groups in total. The van der Waals surface area contributed by atoms with Gasteiger partial charge in [-0.3, -0.25) is 4.79 Å². The Labute approximate surface area is 145 Å². The highest BCUT2D eigenvalue weighted by Crippen LogP contribution is 2.34. The Morgan fingerprint density at radius 3 is 2.76 bits per heavy atom. The molecule has 5 nitrogen and oxygen atoms in total. The lowest BCUT2D eigenvalue weighted by atomic mass is 9.86. The minimum atomic E-state index is -0.867. The Morgan fingerprint density at radius 1 is 1.32 bits per heavy atom. The number of hydrogen-bond donors (Lipinski definition) is 3. The van der Waals surface area contributed by atoms with E-state index in [0.717, 1.165) is 5.56 Å². The number of carbonyl (C=O) groups is 1. The normalized spacial score (nSPS) is 16.4. The molecule has 0 spiro atoms. The van der Waals surface area contributed by atoms with E-state index in [-0.39, 0.29) is 23.5 Å². The highest BCUT2D eigenvalue weighted by Gasteiger charge is 2.28. The van der Waals surface area contributed by atoms with Crippen LogP contribution in [-0.4, -0.2) is 23.7 Å². The molecular formula is C19H21FN2O3. The van der Waals surface area contributed by atoms with Gasteiger partial charge in [0.05, 0.1) is 12.2 Å². The molecule has 132 valence electrons. The number of hydrogen-bond acceptors (Lipinski definition) is 4. The second-order valence-corrected chi connectivity index (χ2v) is 7.08. The van der Waals surface area contributed by atoms with E-state index in [0.29, 0.717) is 11.4 Å². The van der Waals surface area contributed by atoms with Crippen LogP contribution in [0, 0.1) is 5.82 Å². The number of phenols is 1. The lowest BCUT2D eigenvalue weighted by Crippen LogP contribution is -2.41. The van der Waals surface area contributed by atoms with Gasteiger partial charge < -0.3 is 20.5 Å². The largest absolute Gasteiger partial charge is 0.508 e. The number of aromatic hydroxyl groups is 1. The number of fused-ring (bicyclic) bond motifs is 1. The Morgan fingerprint density at radius 2 is 2.08 bits per heavy atom. The molecule has 2 aromatic carbocycles. The van der Waals surface area contributed by atoms with Crippen molar-refractivity contribution < 1.29 is 19.0 Å². The van der Waals surface area contributed by atoms with Gasteiger partial charge in [0.2, 0.25) is 0 Å². The quantitative estimate of drug-likeness (QED) is 0.778. The molecule has 0 bridgehead atoms. The fourth-order valence-electron chi connectivity index (χ4n) is 2.77. The third kappa shape index (κ3) is 3.52. The predicted octanol–water partition coefficient (Wildman–Crippen LogP) is 3.64. The molecule has 0 saturated carbocycles. The first-order valence-electron chi connectivity index (χ1n) is 8.09. The molecule has 1 heterocycles. The number of rotatable bonds is 2. The first-order valence-corrected chi connectivity index (χ1v) is 8.09. The number of carbonyl (C=O) groups excluding carboxylic acids is 1. The van der Waals surface area contributed by atoms with Crippen molar-refractivity contribution >= 4 is 17.3 Å². The van der Waals surface area contributed by atoms with E-state index in [9.17, 15) is 14.3 Å². The van der Waals surface area contributed by atoms with Crippen LogP contribution in [0.5, 0.6) is 11.5 Å². The van der Waals surface area contributed by atoms with Crippen molar-refractivity contribution in [1.29, 1.82) is 0 Å². The summed E-state index contributed by atoms with van der Waals surface area (Å²) in [5, 5.41) is 15.9. The van der Waals surface area contributed by atoms with E-state index in [1.54, 1.807) is 24.3 Å². The van der Waals surface area contributed by atoms with Gasteiger partial charge in [-0.1, -0.05) is 32.9 Å². The highest BCUT2D eigenvalue weighted by atomic mass is 19.1. The summed E-state index contributed by atoms with van der Waals surface area (Å²) >= 11 is 0. The lowest BCUT2D eigenvalue weighted by Gasteiger charge is -2.27. The van der Waals surface area contributed by atoms with E-state index in [2.05, 4.69) is 10.6 Å². The average molecular weight is 344 g/mol. The number of ether oxygens (including phenoxy) is 1. The number of phenolic OH excluding ortho intramolecular Hbond substituents is 1. The number of anilines is 2. The zero-order valence-corrected chi connectivity index (χ0v) is 14.4. The fourth-order valence-corrected chi connectivity index (χ4v) is 2.77. The summed E-state index contributed by atoms with van der Waals surface area (Å²) in [5.41, 5.74) is 1.57. The van der Waals surface area contributed by atoms with Crippen molar-refractivity contribution in [2.75, 3.05) is 17.2 Å². The minimum absolute atomic E-state index is 0.0415. The monoisotopic (exact) mass is 344 g/mol. The molecular weight excluding hydrogens is 323 g/mol. The van der Waals surface area contributed by atoms with E-state index < -0.39 is 17.8 Å². The maximum atomic E-state index is 13.8. The average Bonchev–Trinajstić information content (AvgIpc) is 2.53. The second kappa shape index (κ2) is 6.27. The molecule has 1 unspecified atom stereocenters. The number of nitrogens with one attached hydrogen (secondary N) is 2. The topological polar surface area (TPSA) is 70.6 Å². The van der Waals surface area contributed by atoms with Crippen LogP contribution in [0.25, 0.3) is 0 Å². The second-order valence-electron chi connectivity index (χ2n) is 7.08. The highest BCUT2D eigenvalue weighted by molar-refractivity contribution is 5.95. The molecule has 0 aliphatic carbocycles. The molecule has 1 amide bonds. The third-order valence-corrected chi connectivity index (χ3v) is 4.07. The molecule has 0 fully saturated rings. The van der Waals surface area contributed by atoms with Gasteiger partial charge in [-0.25, -0.2) is 4.39 Å². The van der Waals surface area contributed by atoms with Gasteiger partial charge in [-0.2, -0.15) is 0 Å². The molecule has 0 aromatic heterocycles. The summed E-state index contributed by atoms with van der Waals surface area (Å²) in [6.07, 6.45) is -0.867. The zero-order chi connectivity index (χ0) is 18.2. The molecule has 6 heteroatoms. The third-order valence-electron chi connectivity index (χ3n) is 4.07. The van der Waals surface area contributed by atoms with Crippen molar-refractivity contribution in [2.45, 2.75) is 32.3 Å². The molecule has 3 rings (SSSR count). The van der Waals surface area contributed by atoms with Gasteiger partial charge in [0.25, 0.3) is 5.91 Å². The van der Waals surface area contributed by atoms with Gasteiger partial charge in [-0.05, 0) is 29.2 Å². The van der Waals surface area contributed by atoms with Crippen LogP contribution in [0.3, 0.4) is 0 Å². The standard InChI is InChI=1S/C19H21FN2O3/c1-19(2,3)12-8-7-11(9-15(12)23)22-18(24)16-10-21-14-6-4-5-13(20)17(14)25-16/h4-9,16,21,23H,10H2,1-3H3,(H,22,24). The Balaban J connectivity index is 1.73. The minimum Gasteiger partial charge on any atom is -0.508 e. The summed E-state index contributed by atoms with van der Waals surface area (Å²) in [6.45, 7) is 6.21. The Kier molecular flexibility index (Phi) is 4.29. The van der Waals surface area contributed by atoms with Gasteiger partial charge in [0.15, 0.2) is 17.7 Å². The molecule has 1 atom stereocenters. The molecule has 1 aliphatic heterocycles. The summed E-state index contributed by atoms with van der Waals surface area (Å²) in [5.74, 6) is -0.775. The maximum absolute atomic E-state index is 13.8. The molecule has 0 saturated heterocycles. The zero-order valence-electron chi connectivity index (χ0n) is 14.4. The Bertz CT molecular complexity index is 815. The number of amides is 1. The van der Waals surface area contributed by atoms with Crippen molar-refractivity contribution in [1.82, 2.24) is 0 Å². The van der Waals surface area contributed by atoms with E-state index >= 15 is 0 Å². The Hall–Kier alpha value is -2.76. The van der Waals surface area contributed by atoms with Crippen LogP contribution < -0.4 is 15.4 Å².